The molecule has 1 aliphatic rings. The summed E-state index contributed by atoms with van der Waals surface area (Å²) in [5, 5.41) is 3.28. The number of hydrogen-bond donors (Lipinski definition) is 2. The topological polar surface area (TPSA) is 97.0 Å². The third-order valence-electron chi connectivity index (χ3n) is 5.57. The normalized spacial score (nSPS) is 15.2. The van der Waals surface area contributed by atoms with Crippen molar-refractivity contribution in [3.8, 4) is 22.5 Å². The quantitative estimate of drug-likeness (QED) is 0.508. The van der Waals surface area contributed by atoms with Crippen molar-refractivity contribution in [3.63, 3.8) is 0 Å². The molecule has 4 rings (SSSR count). The largest absolute Gasteiger partial charge is 0.416 e. The van der Waals surface area contributed by atoms with Gasteiger partial charge < -0.3 is 16.0 Å². The Morgan fingerprint density at radius 1 is 1.21 bits per heavy atom. The smallest absolute Gasteiger partial charge is 0.368 e. The Labute approximate surface area is 197 Å². The van der Waals surface area contributed by atoms with E-state index in [0.717, 1.165) is 12.1 Å². The lowest BCUT2D eigenvalue weighted by Crippen LogP contribution is -2.75. The molecule has 3 heterocycles. The molecule has 178 valence electrons. The van der Waals surface area contributed by atoms with Crippen LogP contribution in [0.2, 0.25) is 5.02 Å². The Balaban J connectivity index is 1.79. The van der Waals surface area contributed by atoms with Crippen molar-refractivity contribution in [3.05, 3.63) is 59.3 Å². The van der Waals surface area contributed by atoms with Gasteiger partial charge in [-0.2, -0.15) is 13.2 Å². The summed E-state index contributed by atoms with van der Waals surface area (Å²) in [5.74, 6) is -1.24. The minimum absolute atomic E-state index is 0.0106. The molecule has 1 aliphatic heterocycles. The number of hydrogen-bond acceptors (Lipinski definition) is 6. The number of likely N-dealkylation sites (N-methyl/N-ethyl adjacent to an activating group) is 1. The van der Waals surface area contributed by atoms with E-state index in [4.69, 9.17) is 17.3 Å². The number of halogens is 5. The Morgan fingerprint density at radius 2 is 1.94 bits per heavy atom. The van der Waals surface area contributed by atoms with E-state index in [-0.39, 0.29) is 35.1 Å². The molecular formula is C22H19ClF4N6O. The number of rotatable bonds is 6. The van der Waals surface area contributed by atoms with Crippen molar-refractivity contribution in [2.45, 2.75) is 18.6 Å². The van der Waals surface area contributed by atoms with E-state index < -0.39 is 29.0 Å². The second kappa shape index (κ2) is 8.80. The van der Waals surface area contributed by atoms with Gasteiger partial charge in [-0.3, -0.25) is 9.78 Å². The molecule has 0 atom stereocenters. The lowest BCUT2D eigenvalue weighted by atomic mass is 9.89. The highest BCUT2D eigenvalue weighted by atomic mass is 35.5. The third-order valence-corrected chi connectivity index (χ3v) is 5.87. The molecule has 0 bridgehead atoms. The second-order valence-corrected chi connectivity index (χ2v) is 8.21. The van der Waals surface area contributed by atoms with Crippen LogP contribution in [-0.4, -0.2) is 46.0 Å². The maximum Gasteiger partial charge on any atom is 0.416 e. The number of carbonyl (C=O) groups excluding carboxylic acids is 1. The molecule has 0 unspecified atom stereocenters. The Kier molecular flexibility index (Phi) is 6.17. The third kappa shape index (κ3) is 4.28. The summed E-state index contributed by atoms with van der Waals surface area (Å²) in [6, 6.07) is 3.74. The average Bonchev–Trinajstić information content (AvgIpc) is 2.75. The first kappa shape index (κ1) is 23.8. The Hall–Kier alpha value is -3.31. The molecule has 7 nitrogen and oxygen atoms in total. The van der Waals surface area contributed by atoms with Crippen molar-refractivity contribution >= 4 is 23.3 Å². The van der Waals surface area contributed by atoms with Gasteiger partial charge in [0.1, 0.15) is 22.9 Å². The molecule has 0 aliphatic carbocycles. The molecule has 0 spiro atoms. The summed E-state index contributed by atoms with van der Waals surface area (Å²) in [6.07, 6.45) is -0.509. The molecule has 0 saturated carbocycles. The van der Waals surface area contributed by atoms with Crippen molar-refractivity contribution in [2.75, 3.05) is 24.5 Å². The lowest BCUT2D eigenvalue weighted by Gasteiger charge is -2.48. The summed E-state index contributed by atoms with van der Waals surface area (Å²) in [6.45, 7) is 2.86. The lowest BCUT2D eigenvalue weighted by molar-refractivity contribution is -0.137. The minimum Gasteiger partial charge on any atom is -0.368 e. The Bertz CT molecular complexity index is 1250. The maximum atomic E-state index is 14.8. The number of carbonyl (C=O) groups is 1. The van der Waals surface area contributed by atoms with Gasteiger partial charge in [-0.15, -0.1) is 0 Å². The predicted molar refractivity (Wildman–Crippen MR) is 118 cm³/mol. The predicted octanol–water partition coefficient (Wildman–Crippen LogP) is 3.67. The van der Waals surface area contributed by atoms with Crippen LogP contribution in [0.25, 0.3) is 22.5 Å². The average molecular weight is 495 g/mol. The molecule has 1 fully saturated rings. The molecule has 34 heavy (non-hydrogen) atoms. The molecule has 1 aromatic carbocycles. The molecule has 2 aromatic heterocycles. The Morgan fingerprint density at radius 3 is 2.53 bits per heavy atom. The fraction of sp³-hybridized carbons (Fsp3) is 0.273. The van der Waals surface area contributed by atoms with Gasteiger partial charge in [-0.25, -0.2) is 14.4 Å². The molecule has 12 heteroatoms. The number of pyridine rings is 1. The van der Waals surface area contributed by atoms with Gasteiger partial charge in [0.05, 0.1) is 22.5 Å². The minimum atomic E-state index is -4.69. The van der Waals surface area contributed by atoms with E-state index in [2.05, 4.69) is 20.3 Å². The summed E-state index contributed by atoms with van der Waals surface area (Å²) in [5.41, 5.74) is 3.89. The van der Waals surface area contributed by atoms with Crippen molar-refractivity contribution in [1.29, 1.82) is 0 Å². The highest BCUT2D eigenvalue weighted by molar-refractivity contribution is 6.33. The van der Waals surface area contributed by atoms with E-state index in [9.17, 15) is 22.4 Å². The van der Waals surface area contributed by atoms with Gasteiger partial charge >= 0.3 is 6.18 Å². The number of aromatic nitrogens is 3. The zero-order chi connectivity index (χ0) is 24.7. The van der Waals surface area contributed by atoms with E-state index in [1.54, 1.807) is 11.0 Å². The number of nitrogens with one attached hydrogen (secondary N) is 1. The van der Waals surface area contributed by atoms with Gasteiger partial charge in [0.25, 0.3) is 0 Å². The molecule has 0 radical (unpaired) electrons. The van der Waals surface area contributed by atoms with Crippen LogP contribution in [0.4, 0.5) is 23.4 Å². The number of anilines is 1. The molecular weight excluding hydrogens is 476 g/mol. The van der Waals surface area contributed by atoms with Crippen LogP contribution in [0.1, 0.15) is 12.5 Å². The fourth-order valence-electron chi connectivity index (χ4n) is 3.83. The van der Waals surface area contributed by atoms with Gasteiger partial charge in [0.15, 0.2) is 0 Å². The van der Waals surface area contributed by atoms with Crippen LogP contribution in [0.5, 0.6) is 0 Å². The van der Waals surface area contributed by atoms with E-state index in [1.807, 2.05) is 6.92 Å². The second-order valence-electron chi connectivity index (χ2n) is 7.81. The van der Waals surface area contributed by atoms with Gasteiger partial charge in [-0.1, -0.05) is 18.5 Å². The van der Waals surface area contributed by atoms with Crippen LogP contribution in [0, 0.1) is 5.82 Å². The van der Waals surface area contributed by atoms with Gasteiger partial charge in [0.2, 0.25) is 5.91 Å². The maximum absolute atomic E-state index is 14.8. The summed E-state index contributed by atoms with van der Waals surface area (Å²) in [7, 11) is 0. The van der Waals surface area contributed by atoms with Crippen molar-refractivity contribution in [2.24, 2.45) is 5.73 Å². The van der Waals surface area contributed by atoms with Crippen LogP contribution < -0.4 is 16.0 Å². The van der Waals surface area contributed by atoms with E-state index in [1.165, 1.54) is 18.6 Å². The molecule has 3 aromatic rings. The van der Waals surface area contributed by atoms with Crippen molar-refractivity contribution in [1.82, 2.24) is 20.3 Å². The highest BCUT2D eigenvalue weighted by Gasteiger charge is 2.48. The molecule has 1 saturated heterocycles. The first-order valence-electron chi connectivity index (χ1n) is 10.2. The number of nitrogens with two attached hydrogens (primary N) is 1. The van der Waals surface area contributed by atoms with E-state index in [0.29, 0.717) is 24.0 Å². The van der Waals surface area contributed by atoms with Gasteiger partial charge in [-0.05, 0) is 30.8 Å². The van der Waals surface area contributed by atoms with Crippen LogP contribution >= 0.6 is 11.6 Å². The van der Waals surface area contributed by atoms with Crippen LogP contribution in [0.15, 0.2) is 42.9 Å². The summed E-state index contributed by atoms with van der Waals surface area (Å²) >= 11 is 6.29. The standard InChI is InChI=1S/C22H19ClF4N6O/c1-2-31-21(20(28)34)10-33(11-21)17-9-30-18(19(32-17)13-5-6-29-8-15(13)23)14-4-3-12(7-16(14)24)22(25,26)27/h3-9,31H,2,10-11H2,1H3,(H2,28,34). The monoisotopic (exact) mass is 494 g/mol. The first-order chi connectivity index (χ1) is 16.1. The first-order valence-corrected chi connectivity index (χ1v) is 10.6. The number of primary amides is 1. The SMILES string of the molecule is CCNC1(C(N)=O)CN(c2cnc(-c3ccc(C(F)(F)F)cc3F)c(-c3ccncc3Cl)n2)C1. The molecule has 1 amide bonds. The summed E-state index contributed by atoms with van der Waals surface area (Å²) in [4.78, 5) is 26.5. The fourth-order valence-corrected chi connectivity index (χ4v) is 4.04. The molecule has 3 N–H and O–H groups in total. The number of amides is 1. The zero-order valence-corrected chi connectivity index (χ0v) is 18.6. The van der Waals surface area contributed by atoms with Crippen LogP contribution in [0.3, 0.4) is 0 Å². The number of benzene rings is 1. The zero-order valence-electron chi connectivity index (χ0n) is 17.8. The van der Waals surface area contributed by atoms with E-state index >= 15 is 0 Å². The number of alkyl halides is 3. The van der Waals surface area contributed by atoms with Crippen molar-refractivity contribution < 1.29 is 22.4 Å². The van der Waals surface area contributed by atoms with Gasteiger partial charge in [0, 0.05) is 36.6 Å². The van der Waals surface area contributed by atoms with Crippen LogP contribution in [-0.2, 0) is 11.0 Å². The number of nitrogens with zero attached hydrogens (tertiary/aromatic N) is 4. The summed E-state index contributed by atoms with van der Waals surface area (Å²) < 4.78 is 53.8. The highest BCUT2D eigenvalue weighted by Crippen LogP contribution is 2.38.